The van der Waals surface area contributed by atoms with Crippen LogP contribution in [0.5, 0.6) is 0 Å². The maximum atomic E-state index is 12.4. The number of nitrogens with one attached hydrogen (secondary N) is 1. The number of nitrogens with zero attached hydrogens (tertiary/aromatic N) is 1. The van der Waals surface area contributed by atoms with Crippen molar-refractivity contribution in [2.75, 3.05) is 13.1 Å². The van der Waals surface area contributed by atoms with Crippen molar-refractivity contribution in [3.8, 4) is 0 Å². The Balaban J connectivity index is 2.96. The van der Waals surface area contributed by atoms with Crippen molar-refractivity contribution < 1.29 is 8.42 Å². The van der Waals surface area contributed by atoms with Crippen LogP contribution in [0.1, 0.15) is 46.2 Å². The summed E-state index contributed by atoms with van der Waals surface area (Å²) in [6.07, 6.45) is 0. The third-order valence-electron chi connectivity index (χ3n) is 3.31. The zero-order valence-corrected chi connectivity index (χ0v) is 13.9. The van der Waals surface area contributed by atoms with E-state index in [1.165, 1.54) is 4.31 Å². The van der Waals surface area contributed by atoms with Crippen LogP contribution in [0, 0.1) is 0 Å². The first kappa shape index (κ1) is 17.1. The second-order valence-corrected chi connectivity index (χ2v) is 7.14. The van der Waals surface area contributed by atoms with Crippen LogP contribution in [0.3, 0.4) is 0 Å². The van der Waals surface area contributed by atoms with Crippen molar-refractivity contribution in [1.82, 2.24) is 9.62 Å². The predicted molar refractivity (Wildman–Crippen MR) is 83.2 cm³/mol. The molecule has 1 unspecified atom stereocenters. The number of rotatable bonds is 7. The Kier molecular flexibility index (Phi) is 6.17. The average Bonchev–Trinajstić information content (AvgIpc) is 2.39. The molecular formula is C15H26N2O2S. The van der Waals surface area contributed by atoms with Crippen molar-refractivity contribution >= 4 is 10.0 Å². The summed E-state index contributed by atoms with van der Waals surface area (Å²) in [6, 6.07) is 7.76. The quantitative estimate of drug-likeness (QED) is 0.842. The number of sulfonamides is 1. The largest absolute Gasteiger partial charge is 0.308 e. The Morgan fingerprint density at radius 3 is 1.95 bits per heavy atom. The SMILES string of the molecule is CCN(CC)S(=O)(=O)c1ccc(C(C)NC(C)C)cc1. The van der Waals surface area contributed by atoms with E-state index in [2.05, 4.69) is 26.1 Å². The molecule has 4 nitrogen and oxygen atoms in total. The predicted octanol–water partition coefficient (Wildman–Crippen LogP) is 2.78. The second kappa shape index (κ2) is 7.20. The first-order valence-corrected chi connectivity index (χ1v) is 8.63. The summed E-state index contributed by atoms with van der Waals surface area (Å²) in [5.41, 5.74) is 1.09. The molecule has 0 heterocycles. The maximum Gasteiger partial charge on any atom is 0.243 e. The molecule has 114 valence electrons. The average molecular weight is 298 g/mol. The highest BCUT2D eigenvalue weighted by molar-refractivity contribution is 7.89. The van der Waals surface area contributed by atoms with Gasteiger partial charge in [-0.2, -0.15) is 4.31 Å². The lowest BCUT2D eigenvalue weighted by Crippen LogP contribution is -2.30. The summed E-state index contributed by atoms with van der Waals surface area (Å²) in [7, 11) is -3.35. The lowest BCUT2D eigenvalue weighted by atomic mass is 10.1. The Labute approximate surface area is 123 Å². The van der Waals surface area contributed by atoms with Gasteiger partial charge in [-0.25, -0.2) is 8.42 Å². The summed E-state index contributed by atoms with van der Waals surface area (Å²) >= 11 is 0. The molecule has 1 aromatic carbocycles. The summed E-state index contributed by atoms with van der Waals surface area (Å²) in [4.78, 5) is 0.363. The summed E-state index contributed by atoms with van der Waals surface area (Å²) < 4.78 is 26.2. The van der Waals surface area contributed by atoms with Crippen molar-refractivity contribution in [3.63, 3.8) is 0 Å². The molecule has 1 aromatic rings. The highest BCUT2D eigenvalue weighted by Crippen LogP contribution is 2.19. The van der Waals surface area contributed by atoms with Gasteiger partial charge in [-0.3, -0.25) is 0 Å². The molecule has 0 aliphatic rings. The van der Waals surface area contributed by atoms with E-state index in [9.17, 15) is 8.42 Å². The van der Waals surface area contributed by atoms with Gasteiger partial charge >= 0.3 is 0 Å². The number of hydrogen-bond acceptors (Lipinski definition) is 3. The van der Waals surface area contributed by atoms with Crippen LogP contribution in [-0.4, -0.2) is 31.9 Å². The molecular weight excluding hydrogens is 272 g/mol. The summed E-state index contributed by atoms with van der Waals surface area (Å²) in [5.74, 6) is 0. The lowest BCUT2D eigenvalue weighted by Gasteiger charge is -2.20. The van der Waals surface area contributed by atoms with E-state index < -0.39 is 10.0 Å². The van der Waals surface area contributed by atoms with Crippen LogP contribution in [0.2, 0.25) is 0 Å². The minimum Gasteiger partial charge on any atom is -0.308 e. The van der Waals surface area contributed by atoms with E-state index in [4.69, 9.17) is 0 Å². The Bertz CT molecular complexity index is 505. The fraction of sp³-hybridized carbons (Fsp3) is 0.600. The molecule has 0 amide bonds. The van der Waals surface area contributed by atoms with Gasteiger partial charge in [-0.15, -0.1) is 0 Å². The molecule has 0 saturated carbocycles. The van der Waals surface area contributed by atoms with Gasteiger partial charge in [-0.1, -0.05) is 39.8 Å². The Hall–Kier alpha value is -0.910. The van der Waals surface area contributed by atoms with Crippen molar-refractivity contribution in [3.05, 3.63) is 29.8 Å². The van der Waals surface area contributed by atoms with E-state index in [1.807, 2.05) is 26.0 Å². The molecule has 0 bridgehead atoms. The molecule has 0 spiro atoms. The fourth-order valence-electron chi connectivity index (χ4n) is 2.24. The molecule has 0 aliphatic carbocycles. The summed E-state index contributed by atoms with van der Waals surface area (Å²) in [6.45, 7) is 10.9. The molecule has 0 aliphatic heterocycles. The molecule has 0 radical (unpaired) electrons. The smallest absolute Gasteiger partial charge is 0.243 e. The van der Waals surface area contributed by atoms with Crippen molar-refractivity contribution in [1.29, 1.82) is 0 Å². The van der Waals surface area contributed by atoms with E-state index in [-0.39, 0.29) is 6.04 Å². The molecule has 20 heavy (non-hydrogen) atoms. The van der Waals surface area contributed by atoms with Gasteiger partial charge in [-0.05, 0) is 24.6 Å². The topological polar surface area (TPSA) is 49.4 Å². The third kappa shape index (κ3) is 4.04. The van der Waals surface area contributed by atoms with Crippen LogP contribution in [0.4, 0.5) is 0 Å². The highest BCUT2D eigenvalue weighted by Gasteiger charge is 2.21. The molecule has 1 N–H and O–H groups in total. The molecule has 0 aromatic heterocycles. The molecule has 1 rings (SSSR count). The van der Waals surface area contributed by atoms with E-state index >= 15 is 0 Å². The normalized spacial score (nSPS) is 13.9. The Morgan fingerprint density at radius 1 is 1.05 bits per heavy atom. The van der Waals surface area contributed by atoms with Gasteiger partial charge in [0.1, 0.15) is 0 Å². The van der Waals surface area contributed by atoms with Gasteiger partial charge in [0, 0.05) is 25.2 Å². The monoisotopic (exact) mass is 298 g/mol. The lowest BCUT2D eigenvalue weighted by molar-refractivity contribution is 0.445. The zero-order valence-electron chi connectivity index (χ0n) is 13.1. The first-order chi connectivity index (χ1) is 9.32. The first-order valence-electron chi connectivity index (χ1n) is 7.19. The van der Waals surface area contributed by atoms with Crippen LogP contribution in [0.15, 0.2) is 29.2 Å². The van der Waals surface area contributed by atoms with Crippen LogP contribution in [-0.2, 0) is 10.0 Å². The van der Waals surface area contributed by atoms with Gasteiger partial charge in [0.25, 0.3) is 0 Å². The van der Waals surface area contributed by atoms with Crippen molar-refractivity contribution in [2.24, 2.45) is 0 Å². The van der Waals surface area contributed by atoms with Gasteiger partial charge in [0.15, 0.2) is 0 Å². The van der Waals surface area contributed by atoms with Crippen LogP contribution in [0.25, 0.3) is 0 Å². The van der Waals surface area contributed by atoms with E-state index in [1.54, 1.807) is 12.1 Å². The minimum absolute atomic E-state index is 0.209. The maximum absolute atomic E-state index is 12.4. The zero-order chi connectivity index (χ0) is 15.3. The van der Waals surface area contributed by atoms with Crippen molar-refractivity contribution in [2.45, 2.75) is 51.6 Å². The summed E-state index contributed by atoms with van der Waals surface area (Å²) in [5, 5.41) is 3.40. The third-order valence-corrected chi connectivity index (χ3v) is 5.37. The van der Waals surface area contributed by atoms with Crippen LogP contribution >= 0.6 is 0 Å². The van der Waals surface area contributed by atoms with Crippen LogP contribution < -0.4 is 5.32 Å². The van der Waals surface area contributed by atoms with Gasteiger partial charge in [0.05, 0.1) is 4.90 Å². The van der Waals surface area contributed by atoms with Gasteiger partial charge in [0.2, 0.25) is 10.0 Å². The van der Waals surface area contributed by atoms with E-state index in [0.717, 1.165) is 5.56 Å². The number of hydrogen-bond donors (Lipinski definition) is 1. The molecule has 5 heteroatoms. The highest BCUT2D eigenvalue weighted by atomic mass is 32.2. The fourth-order valence-corrected chi connectivity index (χ4v) is 3.70. The molecule has 0 fully saturated rings. The number of benzene rings is 1. The minimum atomic E-state index is -3.35. The van der Waals surface area contributed by atoms with Gasteiger partial charge < -0.3 is 5.32 Å². The molecule has 1 atom stereocenters. The Morgan fingerprint density at radius 2 is 1.55 bits per heavy atom. The standard InChI is InChI=1S/C15H26N2O2S/c1-6-17(7-2)20(18,19)15-10-8-14(9-11-15)13(5)16-12(3)4/h8-13,16H,6-7H2,1-5H3. The van der Waals surface area contributed by atoms with E-state index in [0.29, 0.717) is 24.0 Å². The second-order valence-electron chi connectivity index (χ2n) is 5.20. The molecule has 0 saturated heterocycles.